The summed E-state index contributed by atoms with van der Waals surface area (Å²) in [7, 11) is 2.91. The molecule has 0 fully saturated rings. The summed E-state index contributed by atoms with van der Waals surface area (Å²) in [4.78, 5) is 27.7. The first-order chi connectivity index (χ1) is 14.9. The molecule has 31 heavy (non-hydrogen) atoms. The van der Waals surface area contributed by atoms with Crippen molar-refractivity contribution in [2.24, 2.45) is 5.92 Å². The standard InChI is InChI=1S/C24H21ClO6/c1-12-9-16-18(14(11-30-16)13-7-5-4-6-8-13)22(26)24(12)23(27)19-15(28-2)10-17(29-3)20(25)21(19)31-24/h4-8,10,12,14H,9,11H2,1-3H3. The second-order valence-electron chi connectivity index (χ2n) is 8.01. The minimum absolute atomic E-state index is 0.127. The van der Waals surface area contributed by atoms with Crippen molar-refractivity contribution >= 4 is 23.2 Å². The lowest BCUT2D eigenvalue weighted by molar-refractivity contribution is -0.130. The van der Waals surface area contributed by atoms with Gasteiger partial charge in [-0.25, -0.2) is 0 Å². The van der Waals surface area contributed by atoms with Gasteiger partial charge in [0.25, 0.3) is 0 Å². The van der Waals surface area contributed by atoms with Crippen LogP contribution in [0, 0.1) is 5.92 Å². The predicted octanol–water partition coefficient (Wildman–Crippen LogP) is 4.35. The number of allylic oxidation sites excluding steroid dienone is 1. The summed E-state index contributed by atoms with van der Waals surface area (Å²) >= 11 is 6.48. The van der Waals surface area contributed by atoms with Gasteiger partial charge in [-0.2, -0.15) is 0 Å². The van der Waals surface area contributed by atoms with Crippen molar-refractivity contribution in [2.75, 3.05) is 20.8 Å². The molecule has 1 spiro atoms. The maximum Gasteiger partial charge on any atom is 0.236 e. The number of fused-ring (bicyclic) bond motifs is 1. The molecule has 0 amide bonds. The smallest absolute Gasteiger partial charge is 0.236 e. The average Bonchev–Trinajstić information content (AvgIpc) is 3.34. The monoisotopic (exact) mass is 440 g/mol. The molecule has 0 aromatic heterocycles. The largest absolute Gasteiger partial charge is 0.496 e. The topological polar surface area (TPSA) is 71.1 Å². The van der Waals surface area contributed by atoms with Gasteiger partial charge in [0, 0.05) is 24.0 Å². The molecule has 0 bridgehead atoms. The van der Waals surface area contributed by atoms with E-state index in [9.17, 15) is 9.59 Å². The number of ether oxygens (including phenoxy) is 4. The van der Waals surface area contributed by atoms with E-state index in [4.69, 9.17) is 30.5 Å². The second kappa shape index (κ2) is 7.02. The molecule has 160 valence electrons. The van der Waals surface area contributed by atoms with Crippen molar-refractivity contribution in [1.82, 2.24) is 0 Å². The van der Waals surface area contributed by atoms with Gasteiger partial charge in [0.2, 0.25) is 17.2 Å². The molecule has 1 aliphatic carbocycles. The van der Waals surface area contributed by atoms with Crippen LogP contribution in [0.2, 0.25) is 5.02 Å². The highest BCUT2D eigenvalue weighted by atomic mass is 35.5. The molecule has 5 rings (SSSR count). The molecule has 3 atom stereocenters. The highest BCUT2D eigenvalue weighted by Crippen LogP contribution is 2.55. The first kappa shape index (κ1) is 19.9. The number of rotatable bonds is 3. The van der Waals surface area contributed by atoms with Gasteiger partial charge in [0.1, 0.15) is 27.8 Å². The third kappa shape index (κ3) is 2.57. The van der Waals surface area contributed by atoms with Gasteiger partial charge in [-0.3, -0.25) is 9.59 Å². The van der Waals surface area contributed by atoms with E-state index >= 15 is 0 Å². The van der Waals surface area contributed by atoms with E-state index in [0.29, 0.717) is 30.1 Å². The Morgan fingerprint density at radius 3 is 2.45 bits per heavy atom. The van der Waals surface area contributed by atoms with Crippen LogP contribution in [-0.2, 0) is 9.53 Å². The van der Waals surface area contributed by atoms with Crippen LogP contribution in [0.25, 0.3) is 0 Å². The number of halogens is 1. The molecule has 0 saturated heterocycles. The normalized spacial score (nSPS) is 26.5. The van der Waals surface area contributed by atoms with E-state index < -0.39 is 17.3 Å². The van der Waals surface area contributed by atoms with E-state index in [1.54, 1.807) is 0 Å². The Hall–Kier alpha value is -2.99. The number of hydrogen-bond donors (Lipinski definition) is 0. The van der Waals surface area contributed by atoms with Crippen LogP contribution in [0.4, 0.5) is 0 Å². The van der Waals surface area contributed by atoms with Crippen molar-refractivity contribution in [3.63, 3.8) is 0 Å². The second-order valence-corrected chi connectivity index (χ2v) is 8.39. The molecule has 3 unspecified atom stereocenters. The third-order valence-electron chi connectivity index (χ3n) is 6.46. The van der Waals surface area contributed by atoms with Crippen molar-refractivity contribution in [1.29, 1.82) is 0 Å². The molecular weight excluding hydrogens is 420 g/mol. The van der Waals surface area contributed by atoms with E-state index in [2.05, 4.69) is 0 Å². The number of Topliss-reactive ketones (excluding diaryl/α,β-unsaturated/α-hetero) is 2. The highest BCUT2D eigenvalue weighted by molar-refractivity contribution is 6.36. The first-order valence-corrected chi connectivity index (χ1v) is 10.5. The van der Waals surface area contributed by atoms with Crippen molar-refractivity contribution < 1.29 is 28.5 Å². The zero-order valence-corrected chi connectivity index (χ0v) is 18.1. The molecule has 3 aliphatic rings. The van der Waals surface area contributed by atoms with Crippen LogP contribution < -0.4 is 14.2 Å². The average molecular weight is 441 g/mol. The Morgan fingerprint density at radius 1 is 1.06 bits per heavy atom. The molecule has 2 aliphatic heterocycles. The van der Waals surface area contributed by atoms with Crippen molar-refractivity contribution in [3.05, 3.63) is 63.9 Å². The van der Waals surface area contributed by atoms with Gasteiger partial charge in [-0.15, -0.1) is 0 Å². The zero-order chi connectivity index (χ0) is 21.9. The fourth-order valence-corrected chi connectivity index (χ4v) is 5.13. The molecular formula is C24H21ClO6. The van der Waals surface area contributed by atoms with Gasteiger partial charge in [0.15, 0.2) is 5.75 Å². The Labute approximate surface area is 184 Å². The lowest BCUT2D eigenvalue weighted by atomic mass is 9.69. The Morgan fingerprint density at radius 2 is 1.77 bits per heavy atom. The molecule has 2 aromatic carbocycles. The van der Waals surface area contributed by atoms with E-state index in [0.717, 1.165) is 5.56 Å². The molecule has 0 radical (unpaired) electrons. The van der Waals surface area contributed by atoms with E-state index in [1.165, 1.54) is 20.3 Å². The Bertz CT molecular complexity index is 1140. The summed E-state index contributed by atoms with van der Waals surface area (Å²) in [5.41, 5.74) is -0.0587. The maximum absolute atomic E-state index is 14.0. The summed E-state index contributed by atoms with van der Waals surface area (Å²) in [6.45, 7) is 2.19. The number of hydrogen-bond acceptors (Lipinski definition) is 6. The summed E-state index contributed by atoms with van der Waals surface area (Å²) < 4.78 is 22.8. The zero-order valence-electron chi connectivity index (χ0n) is 17.4. The molecule has 0 N–H and O–H groups in total. The number of carbonyl (C=O) groups excluding carboxylic acids is 2. The van der Waals surface area contributed by atoms with Crippen LogP contribution in [0.3, 0.4) is 0 Å². The van der Waals surface area contributed by atoms with Crippen LogP contribution in [0.5, 0.6) is 17.2 Å². The molecule has 2 heterocycles. The number of ketones is 2. The summed E-state index contributed by atoms with van der Waals surface area (Å²) in [6, 6.07) is 11.2. The van der Waals surface area contributed by atoms with Crippen LogP contribution in [0.15, 0.2) is 47.7 Å². The minimum Gasteiger partial charge on any atom is -0.496 e. The van der Waals surface area contributed by atoms with Crippen molar-refractivity contribution in [2.45, 2.75) is 24.9 Å². The molecule has 7 heteroatoms. The fourth-order valence-electron chi connectivity index (χ4n) is 4.86. The highest BCUT2D eigenvalue weighted by Gasteiger charge is 2.64. The number of carbonyl (C=O) groups is 2. The van der Waals surface area contributed by atoms with Crippen LogP contribution >= 0.6 is 11.6 Å². The number of benzene rings is 2. The fraction of sp³-hybridized carbons (Fsp3) is 0.333. The Balaban J connectivity index is 1.64. The van der Waals surface area contributed by atoms with Crippen molar-refractivity contribution in [3.8, 4) is 17.2 Å². The summed E-state index contributed by atoms with van der Waals surface area (Å²) in [5.74, 6) is -0.163. The minimum atomic E-state index is -1.70. The quantitative estimate of drug-likeness (QED) is 0.661. The van der Waals surface area contributed by atoms with Gasteiger partial charge in [0.05, 0.1) is 26.7 Å². The summed E-state index contributed by atoms with van der Waals surface area (Å²) in [6.07, 6.45) is 0.418. The van der Waals surface area contributed by atoms with Crippen LogP contribution in [0.1, 0.15) is 35.2 Å². The van der Waals surface area contributed by atoms with Gasteiger partial charge < -0.3 is 18.9 Å². The van der Waals surface area contributed by atoms with Gasteiger partial charge in [-0.1, -0.05) is 48.9 Å². The molecule has 0 saturated carbocycles. The predicted molar refractivity (Wildman–Crippen MR) is 113 cm³/mol. The van der Waals surface area contributed by atoms with E-state index in [-0.39, 0.29) is 33.8 Å². The first-order valence-electron chi connectivity index (χ1n) is 10.1. The molecule has 2 aromatic rings. The summed E-state index contributed by atoms with van der Waals surface area (Å²) in [5, 5.41) is 0.144. The van der Waals surface area contributed by atoms with Gasteiger partial charge in [-0.05, 0) is 5.56 Å². The Kier molecular flexibility index (Phi) is 4.52. The van der Waals surface area contributed by atoms with E-state index in [1.807, 2.05) is 37.3 Å². The maximum atomic E-state index is 14.0. The number of methoxy groups -OCH3 is 2. The van der Waals surface area contributed by atoms with Crippen LogP contribution in [-0.4, -0.2) is 38.0 Å². The lowest BCUT2D eigenvalue weighted by Gasteiger charge is -2.36. The van der Waals surface area contributed by atoms with Gasteiger partial charge >= 0.3 is 0 Å². The molecule has 6 nitrogen and oxygen atoms in total. The third-order valence-corrected chi connectivity index (χ3v) is 6.82. The lowest BCUT2D eigenvalue weighted by Crippen LogP contribution is -2.56. The SMILES string of the molecule is COc1cc(OC)c2c(c1Cl)OC1(C(=O)C3=C(CC1C)OCC3c1ccccc1)C2=O.